The number of primary amides is 1. The molecule has 0 spiro atoms. The number of nitrogens with one attached hydrogen (secondary N) is 3. The SMILES string of the molecule is CC(N)C(=O)NC(C(=O)NCC(=O)NC(CCC(N)=O)C(=O)O)C(C)O. The Kier molecular flexibility index (Phi) is 9.84. The van der Waals surface area contributed by atoms with E-state index in [0.717, 1.165) is 0 Å². The second kappa shape index (κ2) is 11.0. The molecule has 148 valence electrons. The predicted molar refractivity (Wildman–Crippen MR) is 88.3 cm³/mol. The number of hydrogen-bond donors (Lipinski definition) is 7. The van der Waals surface area contributed by atoms with E-state index in [1.165, 1.54) is 13.8 Å². The van der Waals surface area contributed by atoms with Crippen LogP contribution in [-0.4, -0.2) is 70.6 Å². The van der Waals surface area contributed by atoms with Gasteiger partial charge in [-0.25, -0.2) is 4.79 Å². The predicted octanol–water partition coefficient (Wildman–Crippen LogP) is -3.85. The van der Waals surface area contributed by atoms with Gasteiger partial charge in [-0.05, 0) is 20.3 Å². The van der Waals surface area contributed by atoms with Crippen LogP contribution in [0, 0.1) is 0 Å². The fourth-order valence-corrected chi connectivity index (χ4v) is 1.76. The van der Waals surface area contributed by atoms with Gasteiger partial charge < -0.3 is 37.6 Å². The summed E-state index contributed by atoms with van der Waals surface area (Å²) in [6, 6.07) is -3.60. The summed E-state index contributed by atoms with van der Waals surface area (Å²) in [5.41, 5.74) is 10.3. The summed E-state index contributed by atoms with van der Waals surface area (Å²) >= 11 is 0. The Morgan fingerprint density at radius 1 is 1.04 bits per heavy atom. The normalized spacial score (nSPS) is 15.1. The van der Waals surface area contributed by atoms with Crippen molar-refractivity contribution in [2.45, 2.75) is 50.9 Å². The van der Waals surface area contributed by atoms with Gasteiger partial charge in [0, 0.05) is 6.42 Å². The van der Waals surface area contributed by atoms with Gasteiger partial charge >= 0.3 is 5.97 Å². The largest absolute Gasteiger partial charge is 0.480 e. The lowest BCUT2D eigenvalue weighted by Crippen LogP contribution is -2.56. The molecule has 12 nitrogen and oxygen atoms in total. The van der Waals surface area contributed by atoms with E-state index in [2.05, 4.69) is 16.0 Å². The van der Waals surface area contributed by atoms with Gasteiger partial charge in [0.2, 0.25) is 23.6 Å². The van der Waals surface area contributed by atoms with Crippen molar-refractivity contribution < 1.29 is 34.2 Å². The van der Waals surface area contributed by atoms with Crippen LogP contribution in [0.1, 0.15) is 26.7 Å². The Hall–Kier alpha value is -2.73. The van der Waals surface area contributed by atoms with Crippen LogP contribution in [-0.2, 0) is 24.0 Å². The number of aliphatic hydroxyl groups is 1. The maximum atomic E-state index is 12.0. The van der Waals surface area contributed by atoms with Gasteiger partial charge in [0.05, 0.1) is 18.7 Å². The molecule has 0 aliphatic carbocycles. The number of aliphatic carboxylic acids is 1. The molecular weight excluding hydrogens is 350 g/mol. The van der Waals surface area contributed by atoms with Crippen molar-refractivity contribution in [1.29, 1.82) is 0 Å². The highest BCUT2D eigenvalue weighted by Gasteiger charge is 2.27. The molecule has 0 saturated carbocycles. The standard InChI is InChI=1S/C14H25N5O7/c1-6(15)12(23)19-11(7(2)20)13(24)17-5-10(22)18-8(14(25)26)3-4-9(16)21/h6-8,11,20H,3-5,15H2,1-2H3,(H2,16,21)(H,17,24)(H,18,22)(H,19,23)(H,25,26). The highest BCUT2D eigenvalue weighted by Crippen LogP contribution is 1.98. The Bertz CT molecular complexity index is 550. The van der Waals surface area contributed by atoms with E-state index in [-0.39, 0.29) is 12.8 Å². The molecule has 4 amide bonds. The lowest BCUT2D eigenvalue weighted by molar-refractivity contribution is -0.142. The van der Waals surface area contributed by atoms with Crippen LogP contribution in [0.2, 0.25) is 0 Å². The maximum absolute atomic E-state index is 12.0. The van der Waals surface area contributed by atoms with Crippen LogP contribution in [0.25, 0.3) is 0 Å². The summed E-state index contributed by atoms with van der Waals surface area (Å²) in [7, 11) is 0. The molecule has 0 rings (SSSR count). The van der Waals surface area contributed by atoms with Crippen LogP contribution < -0.4 is 27.4 Å². The van der Waals surface area contributed by atoms with Gasteiger partial charge in [-0.1, -0.05) is 0 Å². The molecule has 0 heterocycles. The van der Waals surface area contributed by atoms with E-state index in [9.17, 15) is 29.1 Å². The first-order valence-electron chi connectivity index (χ1n) is 7.77. The first-order valence-corrected chi connectivity index (χ1v) is 7.77. The lowest BCUT2D eigenvalue weighted by Gasteiger charge is -2.22. The molecule has 9 N–H and O–H groups in total. The van der Waals surface area contributed by atoms with Crippen LogP contribution in [0.4, 0.5) is 0 Å². The molecule has 0 aromatic heterocycles. The van der Waals surface area contributed by atoms with E-state index in [1.54, 1.807) is 0 Å². The smallest absolute Gasteiger partial charge is 0.326 e. The Morgan fingerprint density at radius 3 is 2.04 bits per heavy atom. The molecule has 0 fully saturated rings. The molecule has 26 heavy (non-hydrogen) atoms. The van der Waals surface area contributed by atoms with Crippen molar-refractivity contribution in [1.82, 2.24) is 16.0 Å². The van der Waals surface area contributed by atoms with Crippen molar-refractivity contribution in [2.75, 3.05) is 6.54 Å². The van der Waals surface area contributed by atoms with Crippen LogP contribution in [0.15, 0.2) is 0 Å². The molecule has 12 heteroatoms. The van der Waals surface area contributed by atoms with Crippen molar-refractivity contribution in [3.63, 3.8) is 0 Å². The van der Waals surface area contributed by atoms with E-state index >= 15 is 0 Å². The quantitative estimate of drug-likeness (QED) is 0.189. The van der Waals surface area contributed by atoms with E-state index in [0.29, 0.717) is 0 Å². The molecule has 0 aliphatic heterocycles. The molecule has 0 aliphatic rings. The Morgan fingerprint density at radius 2 is 1.62 bits per heavy atom. The molecule has 0 aromatic carbocycles. The number of rotatable bonds is 11. The summed E-state index contributed by atoms with van der Waals surface area (Å²) in [5, 5.41) is 25.1. The van der Waals surface area contributed by atoms with E-state index in [4.69, 9.17) is 16.6 Å². The topological polar surface area (TPSA) is 214 Å². The third-order valence-corrected chi connectivity index (χ3v) is 3.21. The van der Waals surface area contributed by atoms with E-state index in [1.807, 2.05) is 0 Å². The minimum atomic E-state index is -1.36. The number of amides is 4. The molecule has 0 radical (unpaired) electrons. The van der Waals surface area contributed by atoms with Crippen LogP contribution in [0.5, 0.6) is 0 Å². The number of carboxylic acids is 1. The average molecular weight is 375 g/mol. The van der Waals surface area contributed by atoms with Gasteiger partial charge in [0.1, 0.15) is 12.1 Å². The highest BCUT2D eigenvalue weighted by molar-refractivity contribution is 5.92. The summed E-state index contributed by atoms with van der Waals surface area (Å²) in [6.45, 7) is 2.05. The second-order valence-electron chi connectivity index (χ2n) is 5.70. The fourth-order valence-electron chi connectivity index (χ4n) is 1.76. The average Bonchev–Trinajstić information content (AvgIpc) is 2.52. The van der Waals surface area contributed by atoms with Gasteiger partial charge in [-0.15, -0.1) is 0 Å². The molecular formula is C14H25N5O7. The number of carbonyl (C=O) groups excluding carboxylic acids is 4. The van der Waals surface area contributed by atoms with Crippen LogP contribution >= 0.6 is 0 Å². The first kappa shape index (κ1) is 23.3. The first-order chi connectivity index (χ1) is 12.0. The Balaban J connectivity index is 4.64. The highest BCUT2D eigenvalue weighted by atomic mass is 16.4. The fraction of sp³-hybridized carbons (Fsp3) is 0.643. The minimum absolute atomic E-state index is 0.203. The van der Waals surface area contributed by atoms with Crippen molar-refractivity contribution in [3.05, 3.63) is 0 Å². The third-order valence-electron chi connectivity index (χ3n) is 3.21. The maximum Gasteiger partial charge on any atom is 0.326 e. The summed E-state index contributed by atoms with van der Waals surface area (Å²) in [4.78, 5) is 57.0. The van der Waals surface area contributed by atoms with Crippen molar-refractivity contribution >= 4 is 29.6 Å². The van der Waals surface area contributed by atoms with E-state index < -0.39 is 60.4 Å². The number of carbonyl (C=O) groups is 5. The van der Waals surface area contributed by atoms with Crippen molar-refractivity contribution in [2.24, 2.45) is 11.5 Å². The van der Waals surface area contributed by atoms with Gasteiger partial charge in [-0.3, -0.25) is 19.2 Å². The molecule has 0 aromatic rings. The second-order valence-corrected chi connectivity index (χ2v) is 5.70. The van der Waals surface area contributed by atoms with Crippen molar-refractivity contribution in [3.8, 4) is 0 Å². The minimum Gasteiger partial charge on any atom is -0.480 e. The monoisotopic (exact) mass is 375 g/mol. The van der Waals surface area contributed by atoms with Gasteiger partial charge in [0.15, 0.2) is 0 Å². The Labute approximate surface area is 149 Å². The molecule has 4 unspecified atom stereocenters. The zero-order valence-electron chi connectivity index (χ0n) is 14.5. The van der Waals surface area contributed by atoms with Gasteiger partial charge in [0.25, 0.3) is 0 Å². The molecule has 0 saturated heterocycles. The summed E-state index contributed by atoms with van der Waals surface area (Å²) < 4.78 is 0. The zero-order chi connectivity index (χ0) is 20.4. The number of nitrogens with two attached hydrogens (primary N) is 2. The molecule has 4 atom stereocenters. The zero-order valence-corrected chi connectivity index (χ0v) is 14.5. The number of hydrogen-bond acceptors (Lipinski definition) is 7. The lowest BCUT2D eigenvalue weighted by atomic mass is 10.1. The number of carboxylic acid groups (broad SMARTS) is 1. The third kappa shape index (κ3) is 8.94. The van der Waals surface area contributed by atoms with Gasteiger partial charge in [-0.2, -0.15) is 0 Å². The summed E-state index contributed by atoms with van der Waals surface area (Å²) in [6.07, 6.45) is -1.70. The molecule has 0 bridgehead atoms. The van der Waals surface area contributed by atoms with Crippen LogP contribution in [0.3, 0.4) is 0 Å². The summed E-state index contributed by atoms with van der Waals surface area (Å²) in [5.74, 6) is -4.44. The number of aliphatic hydroxyl groups excluding tert-OH is 1.